The van der Waals surface area contributed by atoms with Gasteiger partial charge in [0.2, 0.25) is 0 Å². The Hall–Kier alpha value is -7.16. The Morgan fingerprint density at radius 3 is 1.98 bits per heavy atom. The third-order valence-electron chi connectivity index (χ3n) is 12.1. The quantitative estimate of drug-likeness (QED) is 0.180. The smallest absolute Gasteiger partial charge is 0.0622 e. The van der Waals surface area contributed by atoms with E-state index in [1.807, 2.05) is 0 Å². The Balaban J connectivity index is 1.07. The van der Waals surface area contributed by atoms with Gasteiger partial charge < -0.3 is 9.88 Å². The molecule has 0 radical (unpaired) electrons. The van der Waals surface area contributed by atoms with Crippen molar-refractivity contribution in [1.29, 1.82) is 0 Å². The molecule has 2 nitrogen and oxygen atoms in total. The van der Waals surface area contributed by atoms with Gasteiger partial charge in [-0.2, -0.15) is 0 Å². The lowest BCUT2D eigenvalue weighted by molar-refractivity contribution is 0.661. The van der Waals surface area contributed by atoms with Crippen LogP contribution in [0.15, 0.2) is 200 Å². The van der Waals surface area contributed by atoms with Crippen molar-refractivity contribution < 1.29 is 0 Å². The highest BCUT2D eigenvalue weighted by molar-refractivity contribution is 6.16. The van der Waals surface area contributed by atoms with Crippen molar-refractivity contribution in [2.24, 2.45) is 0 Å². The Bertz CT molecular complexity index is 3180. The maximum absolute atomic E-state index is 3.73. The first-order valence-electron chi connectivity index (χ1n) is 19.8. The first-order chi connectivity index (χ1) is 28.0. The molecule has 0 unspecified atom stereocenters. The molecular weight excluding hydrogens is 689 g/mol. The highest BCUT2D eigenvalue weighted by Crippen LogP contribution is 2.53. The summed E-state index contributed by atoms with van der Waals surface area (Å²) in [6.45, 7) is 4.74. The summed E-state index contributed by atoms with van der Waals surface area (Å²) >= 11 is 0. The molecule has 0 aliphatic heterocycles. The molecule has 0 saturated carbocycles. The van der Waals surface area contributed by atoms with Crippen LogP contribution < -0.4 is 5.32 Å². The van der Waals surface area contributed by atoms with Crippen molar-refractivity contribution in [3.8, 4) is 50.2 Å². The highest BCUT2D eigenvalue weighted by atomic mass is 15.0. The van der Waals surface area contributed by atoms with Gasteiger partial charge in [-0.1, -0.05) is 166 Å². The van der Waals surface area contributed by atoms with Crippen LogP contribution in [0.1, 0.15) is 25.0 Å². The van der Waals surface area contributed by atoms with E-state index in [9.17, 15) is 0 Å². The number of hydrogen-bond acceptors (Lipinski definition) is 1. The van der Waals surface area contributed by atoms with Gasteiger partial charge in [0, 0.05) is 44.4 Å². The molecule has 9 aromatic carbocycles. The zero-order valence-corrected chi connectivity index (χ0v) is 32.0. The molecule has 0 amide bonds. The lowest BCUT2D eigenvalue weighted by atomic mass is 9.82. The molecule has 10 aromatic rings. The van der Waals surface area contributed by atoms with Crippen LogP contribution in [0.2, 0.25) is 0 Å². The Morgan fingerprint density at radius 1 is 0.421 bits per heavy atom. The van der Waals surface area contributed by atoms with Gasteiger partial charge in [0.15, 0.2) is 0 Å². The van der Waals surface area contributed by atoms with Crippen molar-refractivity contribution in [3.63, 3.8) is 0 Å². The highest BCUT2D eigenvalue weighted by Gasteiger charge is 2.37. The number of para-hydroxylation sites is 1. The molecule has 11 rings (SSSR count). The van der Waals surface area contributed by atoms with Crippen LogP contribution in [0.5, 0.6) is 0 Å². The van der Waals surface area contributed by atoms with Gasteiger partial charge in [-0.3, -0.25) is 0 Å². The van der Waals surface area contributed by atoms with E-state index in [0.29, 0.717) is 0 Å². The van der Waals surface area contributed by atoms with Crippen molar-refractivity contribution in [2.75, 3.05) is 5.32 Å². The zero-order valence-electron chi connectivity index (χ0n) is 32.0. The van der Waals surface area contributed by atoms with Gasteiger partial charge in [-0.25, -0.2) is 0 Å². The Labute approximate surface area is 333 Å². The number of nitrogens with one attached hydrogen (secondary N) is 1. The fraction of sp³-hybridized carbons (Fsp3) is 0.0545. The molecule has 0 fully saturated rings. The molecule has 1 aliphatic rings. The van der Waals surface area contributed by atoms with Crippen LogP contribution in [0, 0.1) is 0 Å². The van der Waals surface area contributed by atoms with Crippen LogP contribution in [0.3, 0.4) is 0 Å². The van der Waals surface area contributed by atoms with Gasteiger partial charge in [-0.05, 0) is 104 Å². The van der Waals surface area contributed by atoms with Gasteiger partial charge >= 0.3 is 0 Å². The first-order valence-corrected chi connectivity index (χ1v) is 19.8. The third kappa shape index (κ3) is 5.40. The molecule has 1 N–H and O–H groups in total. The molecule has 270 valence electrons. The van der Waals surface area contributed by atoms with E-state index in [1.54, 1.807) is 0 Å². The Morgan fingerprint density at radius 2 is 1.11 bits per heavy atom. The number of hydrogen-bond donors (Lipinski definition) is 1. The van der Waals surface area contributed by atoms with Crippen LogP contribution in [-0.2, 0) is 5.41 Å². The summed E-state index contributed by atoms with van der Waals surface area (Å²) in [4.78, 5) is 0. The predicted molar refractivity (Wildman–Crippen MR) is 242 cm³/mol. The SMILES string of the molecule is CC1(C)c2ccccc2-c2c1ccc1c3cc(-c4cccc(-c5ccccc5Nc5ccc6ccccc6c5)c4)ccc3n(-c3cccc(-c4ccccc4)c3)c21. The van der Waals surface area contributed by atoms with Crippen molar-refractivity contribution in [3.05, 3.63) is 211 Å². The van der Waals surface area contributed by atoms with Crippen molar-refractivity contribution >= 4 is 44.0 Å². The second kappa shape index (κ2) is 13.0. The summed E-state index contributed by atoms with van der Waals surface area (Å²) in [5.74, 6) is 0. The third-order valence-corrected chi connectivity index (χ3v) is 12.1. The lowest BCUT2D eigenvalue weighted by Gasteiger charge is -2.21. The molecule has 57 heavy (non-hydrogen) atoms. The zero-order chi connectivity index (χ0) is 38.1. The normalized spacial score (nSPS) is 12.9. The van der Waals surface area contributed by atoms with Gasteiger partial charge in [0.25, 0.3) is 0 Å². The fourth-order valence-corrected chi connectivity index (χ4v) is 9.33. The van der Waals surface area contributed by atoms with E-state index < -0.39 is 0 Å². The first kappa shape index (κ1) is 33.2. The maximum atomic E-state index is 3.73. The molecule has 0 saturated heterocycles. The van der Waals surface area contributed by atoms with Crippen LogP contribution >= 0.6 is 0 Å². The molecular formula is C55H40N2. The van der Waals surface area contributed by atoms with E-state index in [-0.39, 0.29) is 5.41 Å². The maximum Gasteiger partial charge on any atom is 0.0622 e. The lowest BCUT2D eigenvalue weighted by Crippen LogP contribution is -2.14. The van der Waals surface area contributed by atoms with Gasteiger partial charge in [-0.15, -0.1) is 0 Å². The number of nitrogens with zero attached hydrogens (tertiary/aromatic N) is 1. The number of rotatable bonds is 6. The summed E-state index contributed by atoms with van der Waals surface area (Å²) in [6, 6.07) is 73.2. The molecule has 2 heteroatoms. The minimum Gasteiger partial charge on any atom is -0.355 e. The van der Waals surface area contributed by atoms with E-state index in [4.69, 9.17) is 0 Å². The van der Waals surface area contributed by atoms with E-state index in [0.717, 1.165) is 17.1 Å². The summed E-state index contributed by atoms with van der Waals surface area (Å²) in [5, 5.41) is 8.71. The van der Waals surface area contributed by atoms with E-state index in [1.165, 1.54) is 88.2 Å². The van der Waals surface area contributed by atoms with E-state index >= 15 is 0 Å². The number of aromatic nitrogens is 1. The summed E-state index contributed by atoms with van der Waals surface area (Å²) in [7, 11) is 0. The largest absolute Gasteiger partial charge is 0.355 e. The molecule has 0 spiro atoms. The fourth-order valence-electron chi connectivity index (χ4n) is 9.33. The van der Waals surface area contributed by atoms with Crippen LogP contribution in [-0.4, -0.2) is 4.57 Å². The van der Waals surface area contributed by atoms with Gasteiger partial charge in [0.05, 0.1) is 11.0 Å². The molecule has 1 aromatic heterocycles. The topological polar surface area (TPSA) is 17.0 Å². The summed E-state index contributed by atoms with van der Waals surface area (Å²) in [6.07, 6.45) is 0. The second-order valence-corrected chi connectivity index (χ2v) is 15.9. The standard InChI is InChI=1S/C55H40N2/c1-55(2)49-24-10-8-23-47(49)53-50(55)30-29-46-48-35-41(27-31-52(48)57(54(46)53)44-21-13-19-40(34-44)36-14-4-3-5-15-36)38-18-12-20-42(32-38)45-22-9-11-25-51(45)56-43-28-26-37-16-6-7-17-39(37)33-43/h3-35,56H,1-2H3. The molecule has 1 aliphatic carbocycles. The van der Waals surface area contributed by atoms with Gasteiger partial charge in [0.1, 0.15) is 0 Å². The molecule has 0 atom stereocenters. The monoisotopic (exact) mass is 728 g/mol. The number of anilines is 2. The summed E-state index contributed by atoms with van der Waals surface area (Å²) in [5.41, 5.74) is 18.3. The second-order valence-electron chi connectivity index (χ2n) is 15.9. The van der Waals surface area contributed by atoms with E-state index in [2.05, 4.69) is 224 Å². The van der Waals surface area contributed by atoms with Crippen LogP contribution in [0.25, 0.3) is 82.8 Å². The minimum absolute atomic E-state index is 0.0989. The number of benzene rings is 9. The predicted octanol–water partition coefficient (Wildman–Crippen LogP) is 15.0. The van der Waals surface area contributed by atoms with Crippen LogP contribution in [0.4, 0.5) is 11.4 Å². The minimum atomic E-state index is -0.0989. The molecule has 1 heterocycles. The number of fused-ring (bicyclic) bond motifs is 8. The molecule has 0 bridgehead atoms. The average molecular weight is 729 g/mol. The summed E-state index contributed by atoms with van der Waals surface area (Å²) < 4.78 is 2.52. The Kier molecular flexibility index (Phi) is 7.55. The van der Waals surface area contributed by atoms with Crippen molar-refractivity contribution in [1.82, 2.24) is 4.57 Å². The van der Waals surface area contributed by atoms with Crippen molar-refractivity contribution in [2.45, 2.75) is 19.3 Å². The average Bonchev–Trinajstić information content (AvgIpc) is 3.72.